The van der Waals surface area contributed by atoms with Gasteiger partial charge < -0.3 is 15.7 Å². The van der Waals surface area contributed by atoms with Crippen molar-refractivity contribution in [2.75, 3.05) is 10.6 Å². The number of aliphatic carboxylic acids is 1. The van der Waals surface area contributed by atoms with Gasteiger partial charge in [-0.1, -0.05) is 17.7 Å². The molecule has 5 nitrogen and oxygen atoms in total. The summed E-state index contributed by atoms with van der Waals surface area (Å²) in [6.45, 7) is 0. The predicted octanol–water partition coefficient (Wildman–Crippen LogP) is 1.94. The summed E-state index contributed by atoms with van der Waals surface area (Å²) in [4.78, 5) is 22.1. The first-order valence-electron chi connectivity index (χ1n) is 5.15. The Bertz CT molecular complexity index is 476. The Morgan fingerprint density at radius 2 is 2.24 bits per heavy atom. The van der Waals surface area contributed by atoms with Crippen molar-refractivity contribution in [1.82, 2.24) is 0 Å². The second kappa shape index (κ2) is 4.63. The third-order valence-corrected chi connectivity index (χ3v) is 2.87. The highest BCUT2D eigenvalue weighted by atomic mass is 35.5. The van der Waals surface area contributed by atoms with Gasteiger partial charge in [0, 0.05) is 6.42 Å². The van der Waals surface area contributed by atoms with Crippen molar-refractivity contribution in [2.24, 2.45) is 0 Å². The van der Waals surface area contributed by atoms with Crippen LogP contribution in [0.2, 0.25) is 5.02 Å². The number of halogens is 1. The summed E-state index contributed by atoms with van der Waals surface area (Å²) >= 11 is 5.99. The minimum atomic E-state index is -0.926. The summed E-state index contributed by atoms with van der Waals surface area (Å²) in [7, 11) is 0. The fourth-order valence-electron chi connectivity index (χ4n) is 1.71. The van der Waals surface area contributed by atoms with Crippen LogP contribution in [0.15, 0.2) is 18.2 Å². The van der Waals surface area contributed by atoms with Crippen LogP contribution in [0.25, 0.3) is 0 Å². The van der Waals surface area contributed by atoms with Gasteiger partial charge in [0.05, 0.1) is 16.4 Å². The number of carbonyl (C=O) groups excluding carboxylic acids is 1. The van der Waals surface area contributed by atoms with Crippen LogP contribution in [0.4, 0.5) is 11.4 Å². The minimum Gasteiger partial charge on any atom is -0.481 e. The topological polar surface area (TPSA) is 78.4 Å². The number of nitrogens with one attached hydrogen (secondary N) is 2. The molecule has 0 aliphatic carbocycles. The van der Waals surface area contributed by atoms with Gasteiger partial charge in [-0.25, -0.2) is 0 Å². The summed E-state index contributed by atoms with van der Waals surface area (Å²) in [5, 5.41) is 14.8. The maximum absolute atomic E-state index is 11.7. The molecule has 0 aromatic heterocycles. The molecular weight excluding hydrogens is 244 g/mol. The minimum absolute atomic E-state index is 0.0646. The van der Waals surface area contributed by atoms with E-state index < -0.39 is 12.0 Å². The number of amides is 1. The van der Waals surface area contributed by atoms with Gasteiger partial charge in [-0.15, -0.1) is 0 Å². The molecular formula is C11H11ClN2O3. The van der Waals surface area contributed by atoms with Crippen LogP contribution in [0.1, 0.15) is 12.8 Å². The summed E-state index contributed by atoms with van der Waals surface area (Å²) < 4.78 is 0. The van der Waals surface area contributed by atoms with E-state index in [1.54, 1.807) is 18.2 Å². The smallest absolute Gasteiger partial charge is 0.303 e. The molecule has 17 heavy (non-hydrogen) atoms. The quantitative estimate of drug-likeness (QED) is 0.770. The molecule has 1 amide bonds. The van der Waals surface area contributed by atoms with E-state index in [1.165, 1.54) is 0 Å². The SMILES string of the molecule is O=C(O)CCC1Nc2c(Cl)cccc2NC1=O. The molecule has 0 bridgehead atoms. The molecule has 0 radical (unpaired) electrons. The highest BCUT2D eigenvalue weighted by Gasteiger charge is 2.26. The van der Waals surface area contributed by atoms with E-state index in [1.807, 2.05) is 0 Å². The maximum Gasteiger partial charge on any atom is 0.303 e. The van der Waals surface area contributed by atoms with Crippen LogP contribution in [0.5, 0.6) is 0 Å². The van der Waals surface area contributed by atoms with E-state index in [9.17, 15) is 9.59 Å². The maximum atomic E-state index is 11.7. The number of rotatable bonds is 3. The van der Waals surface area contributed by atoms with Crippen molar-refractivity contribution < 1.29 is 14.7 Å². The number of carbonyl (C=O) groups is 2. The molecule has 1 aromatic rings. The van der Waals surface area contributed by atoms with E-state index in [0.29, 0.717) is 16.4 Å². The molecule has 6 heteroatoms. The molecule has 0 saturated carbocycles. The Morgan fingerprint density at radius 1 is 1.47 bits per heavy atom. The monoisotopic (exact) mass is 254 g/mol. The molecule has 1 aliphatic rings. The molecule has 1 unspecified atom stereocenters. The van der Waals surface area contributed by atoms with Gasteiger partial charge in [0.2, 0.25) is 5.91 Å². The van der Waals surface area contributed by atoms with Gasteiger partial charge in [-0.2, -0.15) is 0 Å². The van der Waals surface area contributed by atoms with Crippen molar-refractivity contribution in [3.05, 3.63) is 23.2 Å². The Hall–Kier alpha value is -1.75. The number of benzene rings is 1. The number of hydrogen-bond donors (Lipinski definition) is 3. The van der Waals surface area contributed by atoms with Crippen LogP contribution in [-0.2, 0) is 9.59 Å². The third kappa shape index (κ3) is 2.50. The first-order valence-corrected chi connectivity index (χ1v) is 5.53. The first kappa shape index (κ1) is 11.7. The fraction of sp³-hybridized carbons (Fsp3) is 0.273. The van der Waals surface area contributed by atoms with Gasteiger partial charge in [-0.05, 0) is 18.6 Å². The number of carboxylic acid groups (broad SMARTS) is 1. The van der Waals surface area contributed by atoms with Crippen molar-refractivity contribution in [1.29, 1.82) is 0 Å². The molecule has 0 spiro atoms. The summed E-state index contributed by atoms with van der Waals surface area (Å²) in [5.74, 6) is -1.16. The zero-order valence-corrected chi connectivity index (χ0v) is 9.62. The highest BCUT2D eigenvalue weighted by Crippen LogP contribution is 2.34. The average Bonchev–Trinajstić information content (AvgIpc) is 2.27. The Labute approximate surface area is 103 Å². The van der Waals surface area contributed by atoms with Crippen LogP contribution in [-0.4, -0.2) is 23.0 Å². The lowest BCUT2D eigenvalue weighted by atomic mass is 10.1. The van der Waals surface area contributed by atoms with Gasteiger partial charge in [-0.3, -0.25) is 9.59 Å². The summed E-state index contributed by atoms with van der Waals surface area (Å²) in [5.41, 5.74) is 1.26. The van der Waals surface area contributed by atoms with Crippen molar-refractivity contribution in [3.8, 4) is 0 Å². The number of carboxylic acids is 1. The van der Waals surface area contributed by atoms with Gasteiger partial charge in [0.25, 0.3) is 0 Å². The second-order valence-corrected chi connectivity index (χ2v) is 4.19. The van der Waals surface area contributed by atoms with Crippen LogP contribution >= 0.6 is 11.6 Å². The average molecular weight is 255 g/mol. The first-order chi connectivity index (χ1) is 8.08. The van der Waals surface area contributed by atoms with Crippen molar-refractivity contribution in [3.63, 3.8) is 0 Å². The molecule has 2 rings (SSSR count). The zero-order valence-electron chi connectivity index (χ0n) is 8.87. The van der Waals surface area contributed by atoms with E-state index in [4.69, 9.17) is 16.7 Å². The van der Waals surface area contributed by atoms with Gasteiger partial charge in [0.15, 0.2) is 0 Å². The lowest BCUT2D eigenvalue weighted by Crippen LogP contribution is -2.39. The van der Waals surface area contributed by atoms with Crippen LogP contribution in [0.3, 0.4) is 0 Å². The fourth-order valence-corrected chi connectivity index (χ4v) is 1.93. The molecule has 1 aliphatic heterocycles. The van der Waals surface area contributed by atoms with E-state index in [-0.39, 0.29) is 18.7 Å². The lowest BCUT2D eigenvalue weighted by molar-refractivity contribution is -0.137. The molecule has 0 fully saturated rings. The zero-order chi connectivity index (χ0) is 12.4. The van der Waals surface area contributed by atoms with Crippen LogP contribution in [0, 0.1) is 0 Å². The Kier molecular flexibility index (Phi) is 3.19. The lowest BCUT2D eigenvalue weighted by Gasteiger charge is -2.27. The molecule has 3 N–H and O–H groups in total. The van der Waals surface area contributed by atoms with E-state index in [0.717, 1.165) is 0 Å². The van der Waals surface area contributed by atoms with Gasteiger partial charge in [0.1, 0.15) is 6.04 Å². The molecule has 1 atom stereocenters. The number of fused-ring (bicyclic) bond motifs is 1. The third-order valence-electron chi connectivity index (χ3n) is 2.55. The molecule has 90 valence electrons. The Morgan fingerprint density at radius 3 is 2.94 bits per heavy atom. The highest BCUT2D eigenvalue weighted by molar-refractivity contribution is 6.34. The van der Waals surface area contributed by atoms with E-state index in [2.05, 4.69) is 10.6 Å². The molecule has 1 heterocycles. The molecule has 0 saturated heterocycles. The van der Waals surface area contributed by atoms with Crippen molar-refractivity contribution in [2.45, 2.75) is 18.9 Å². The number of hydrogen-bond acceptors (Lipinski definition) is 3. The largest absolute Gasteiger partial charge is 0.481 e. The normalized spacial score (nSPS) is 17.9. The number of anilines is 2. The summed E-state index contributed by atoms with van der Waals surface area (Å²) in [6, 6.07) is 4.62. The second-order valence-electron chi connectivity index (χ2n) is 3.78. The Balaban J connectivity index is 2.17. The molecule has 1 aromatic carbocycles. The van der Waals surface area contributed by atoms with Crippen LogP contribution < -0.4 is 10.6 Å². The standard InChI is InChI=1S/C11H11ClN2O3/c12-6-2-1-3-7-10(6)13-8(11(17)14-7)4-5-9(15)16/h1-3,8,13H,4-5H2,(H,14,17)(H,15,16). The summed E-state index contributed by atoms with van der Waals surface area (Å²) in [6.07, 6.45) is 0.163. The van der Waals surface area contributed by atoms with Crippen molar-refractivity contribution >= 4 is 34.9 Å². The van der Waals surface area contributed by atoms with E-state index >= 15 is 0 Å². The predicted molar refractivity (Wildman–Crippen MR) is 64.4 cm³/mol. The van der Waals surface area contributed by atoms with Gasteiger partial charge >= 0.3 is 5.97 Å². The number of para-hydroxylation sites is 1.